The molecule has 0 radical (unpaired) electrons. The lowest BCUT2D eigenvalue weighted by Gasteiger charge is -2.14. The highest BCUT2D eigenvalue weighted by Crippen LogP contribution is 2.12. The Morgan fingerprint density at radius 3 is 2.74 bits per heavy atom. The van der Waals surface area contributed by atoms with E-state index in [0.717, 1.165) is 12.5 Å². The number of nitrogens with two attached hydrogens (primary N) is 1. The van der Waals surface area contributed by atoms with Crippen molar-refractivity contribution in [3.8, 4) is 0 Å². The summed E-state index contributed by atoms with van der Waals surface area (Å²) in [5.41, 5.74) is 5.61. The van der Waals surface area contributed by atoms with Gasteiger partial charge in [0.2, 0.25) is 5.91 Å². The third-order valence-corrected chi connectivity index (χ3v) is 2.53. The van der Waals surface area contributed by atoms with Crippen molar-refractivity contribution in [3.05, 3.63) is 29.6 Å². The number of rotatable bonds is 5. The zero-order chi connectivity index (χ0) is 14.4. The molecule has 0 aliphatic carbocycles. The van der Waals surface area contributed by atoms with Crippen molar-refractivity contribution < 1.29 is 14.0 Å². The van der Waals surface area contributed by atoms with Crippen molar-refractivity contribution in [2.24, 2.45) is 0 Å². The van der Waals surface area contributed by atoms with E-state index in [1.165, 1.54) is 19.1 Å². The third-order valence-electron chi connectivity index (χ3n) is 2.53. The fourth-order valence-electron chi connectivity index (χ4n) is 1.46. The van der Waals surface area contributed by atoms with E-state index in [1.807, 2.05) is 6.92 Å². The highest BCUT2D eigenvalue weighted by Gasteiger charge is 2.18. The maximum absolute atomic E-state index is 13.5. The second-order valence-electron chi connectivity index (χ2n) is 4.23. The van der Waals surface area contributed by atoms with Gasteiger partial charge in [-0.3, -0.25) is 9.59 Å². The number of carbonyl (C=O) groups is 2. The average Bonchev–Trinajstić information content (AvgIpc) is 2.38. The lowest BCUT2D eigenvalue weighted by atomic mass is 10.1. The molecular weight excluding hydrogens is 249 g/mol. The number of carbonyl (C=O) groups excluding carboxylic acids is 2. The van der Waals surface area contributed by atoms with Crippen molar-refractivity contribution in [1.82, 2.24) is 10.6 Å². The van der Waals surface area contributed by atoms with E-state index in [1.54, 1.807) is 0 Å². The smallest absolute Gasteiger partial charge is 0.254 e. The minimum Gasteiger partial charge on any atom is -0.399 e. The molecule has 0 fully saturated rings. The van der Waals surface area contributed by atoms with Crippen LogP contribution in [0.25, 0.3) is 0 Å². The van der Waals surface area contributed by atoms with Crippen LogP contribution in [0.5, 0.6) is 0 Å². The number of nitrogens with one attached hydrogen (secondary N) is 2. The molecule has 5 nitrogen and oxygen atoms in total. The predicted octanol–water partition coefficient (Wildman–Crippen LogP) is 1.05. The molecule has 1 unspecified atom stereocenters. The second kappa shape index (κ2) is 6.72. The van der Waals surface area contributed by atoms with Crippen molar-refractivity contribution in [3.63, 3.8) is 0 Å². The summed E-state index contributed by atoms with van der Waals surface area (Å²) in [6, 6.07) is 2.98. The molecule has 0 heterocycles. The summed E-state index contributed by atoms with van der Waals surface area (Å²) in [5, 5.41) is 5.07. The molecule has 104 valence electrons. The van der Waals surface area contributed by atoms with Crippen LogP contribution in [0, 0.1) is 5.82 Å². The lowest BCUT2D eigenvalue weighted by molar-refractivity contribution is -0.122. The Morgan fingerprint density at radius 2 is 2.11 bits per heavy atom. The number of anilines is 1. The Hall–Kier alpha value is -2.11. The maximum Gasteiger partial charge on any atom is 0.254 e. The van der Waals surface area contributed by atoms with Crippen LogP contribution in [0.1, 0.15) is 30.6 Å². The van der Waals surface area contributed by atoms with Crippen molar-refractivity contribution in [2.75, 3.05) is 12.3 Å². The molecular formula is C13H18FN3O2. The highest BCUT2D eigenvalue weighted by molar-refractivity contribution is 5.98. The highest BCUT2D eigenvalue weighted by atomic mass is 19.1. The van der Waals surface area contributed by atoms with Crippen LogP contribution < -0.4 is 16.4 Å². The average molecular weight is 267 g/mol. The molecule has 0 bridgehead atoms. The summed E-state index contributed by atoms with van der Waals surface area (Å²) < 4.78 is 13.5. The van der Waals surface area contributed by atoms with Crippen molar-refractivity contribution in [1.29, 1.82) is 0 Å². The van der Waals surface area contributed by atoms with E-state index in [4.69, 9.17) is 5.73 Å². The van der Waals surface area contributed by atoms with Crippen LogP contribution in [0.2, 0.25) is 0 Å². The Morgan fingerprint density at radius 1 is 1.42 bits per heavy atom. The minimum atomic E-state index is -0.736. The van der Waals surface area contributed by atoms with E-state index in [9.17, 15) is 14.0 Å². The Bertz CT molecular complexity index is 477. The fourth-order valence-corrected chi connectivity index (χ4v) is 1.46. The first-order valence-corrected chi connectivity index (χ1v) is 6.09. The van der Waals surface area contributed by atoms with Crippen molar-refractivity contribution >= 4 is 17.5 Å². The molecule has 1 atom stereocenters. The Labute approximate surface area is 111 Å². The number of hydrogen-bond acceptors (Lipinski definition) is 3. The van der Waals surface area contributed by atoms with Gasteiger partial charge < -0.3 is 16.4 Å². The Kier molecular flexibility index (Phi) is 5.29. The zero-order valence-electron chi connectivity index (χ0n) is 11.0. The molecule has 2 amide bonds. The molecule has 19 heavy (non-hydrogen) atoms. The molecule has 0 aliphatic heterocycles. The van der Waals surface area contributed by atoms with Crippen LogP contribution in [-0.2, 0) is 4.79 Å². The zero-order valence-corrected chi connectivity index (χ0v) is 11.0. The first-order chi connectivity index (χ1) is 8.95. The molecule has 0 spiro atoms. The summed E-state index contributed by atoms with van der Waals surface area (Å²) >= 11 is 0. The van der Waals surface area contributed by atoms with Crippen molar-refractivity contribution in [2.45, 2.75) is 26.3 Å². The van der Waals surface area contributed by atoms with Gasteiger partial charge in [0.05, 0.1) is 5.56 Å². The van der Waals surface area contributed by atoms with Gasteiger partial charge in [-0.25, -0.2) is 4.39 Å². The van der Waals surface area contributed by atoms with E-state index in [-0.39, 0.29) is 17.2 Å². The van der Waals surface area contributed by atoms with Gasteiger partial charge in [-0.2, -0.15) is 0 Å². The normalized spacial score (nSPS) is 11.7. The van der Waals surface area contributed by atoms with Crippen LogP contribution in [0.3, 0.4) is 0 Å². The number of nitrogen functional groups attached to an aromatic ring is 1. The van der Waals surface area contributed by atoms with E-state index >= 15 is 0 Å². The molecule has 0 saturated carbocycles. The molecule has 1 rings (SSSR count). The van der Waals surface area contributed by atoms with Crippen LogP contribution in [0.15, 0.2) is 18.2 Å². The molecule has 0 aromatic heterocycles. The van der Waals surface area contributed by atoms with Crippen LogP contribution >= 0.6 is 0 Å². The summed E-state index contributed by atoms with van der Waals surface area (Å²) in [6.45, 7) is 3.99. The van der Waals surface area contributed by atoms with Gasteiger partial charge in [0.25, 0.3) is 5.91 Å². The van der Waals surface area contributed by atoms with Gasteiger partial charge in [-0.1, -0.05) is 6.92 Å². The number of hydrogen-bond donors (Lipinski definition) is 3. The third kappa shape index (κ3) is 4.24. The Balaban J connectivity index is 2.68. The van der Waals surface area contributed by atoms with Gasteiger partial charge in [-0.05, 0) is 31.5 Å². The van der Waals surface area contributed by atoms with Gasteiger partial charge in [0.15, 0.2) is 0 Å². The summed E-state index contributed by atoms with van der Waals surface area (Å²) in [6.07, 6.45) is 0.802. The number of halogens is 1. The van der Waals surface area contributed by atoms with E-state index in [2.05, 4.69) is 10.6 Å². The van der Waals surface area contributed by atoms with Gasteiger partial charge >= 0.3 is 0 Å². The molecule has 6 heteroatoms. The summed E-state index contributed by atoms with van der Waals surface area (Å²) in [4.78, 5) is 23.4. The topological polar surface area (TPSA) is 84.2 Å². The molecule has 4 N–H and O–H groups in total. The van der Waals surface area contributed by atoms with E-state index < -0.39 is 17.8 Å². The SMILES string of the molecule is CCCNC(=O)C(C)NC(=O)c1cc(N)ccc1F. The largest absolute Gasteiger partial charge is 0.399 e. The number of benzene rings is 1. The van der Waals surface area contributed by atoms with Gasteiger partial charge in [0.1, 0.15) is 11.9 Å². The predicted molar refractivity (Wildman–Crippen MR) is 71.0 cm³/mol. The molecule has 1 aromatic carbocycles. The number of amides is 2. The monoisotopic (exact) mass is 267 g/mol. The molecule has 1 aromatic rings. The standard InChI is InChI=1S/C13H18FN3O2/c1-3-6-16-12(18)8(2)17-13(19)10-7-9(15)4-5-11(10)14/h4-5,7-8H,3,6,15H2,1-2H3,(H,16,18)(H,17,19). The first-order valence-electron chi connectivity index (χ1n) is 6.09. The lowest BCUT2D eigenvalue weighted by Crippen LogP contribution is -2.45. The van der Waals surface area contributed by atoms with Gasteiger partial charge in [0, 0.05) is 12.2 Å². The van der Waals surface area contributed by atoms with Gasteiger partial charge in [-0.15, -0.1) is 0 Å². The molecule has 0 aliphatic rings. The summed E-state index contributed by atoms with van der Waals surface area (Å²) in [7, 11) is 0. The minimum absolute atomic E-state index is 0.171. The second-order valence-corrected chi connectivity index (χ2v) is 4.23. The summed E-state index contributed by atoms with van der Waals surface area (Å²) in [5.74, 6) is -1.64. The van der Waals surface area contributed by atoms with Crippen LogP contribution in [-0.4, -0.2) is 24.4 Å². The van der Waals surface area contributed by atoms with E-state index in [0.29, 0.717) is 6.54 Å². The molecule has 0 saturated heterocycles. The fraction of sp³-hybridized carbons (Fsp3) is 0.385. The van der Waals surface area contributed by atoms with Crippen LogP contribution in [0.4, 0.5) is 10.1 Å². The first kappa shape index (κ1) is 14.9. The maximum atomic E-state index is 13.5. The quantitative estimate of drug-likeness (QED) is 0.697.